The Labute approximate surface area is 177 Å². The molecule has 3 saturated carbocycles. The molecule has 1 amide bonds. The van der Waals surface area contributed by atoms with Gasteiger partial charge in [-0.1, -0.05) is 25.5 Å². The van der Waals surface area contributed by atoms with Crippen molar-refractivity contribution < 1.29 is 9.90 Å². The molecule has 4 aliphatic carbocycles. The predicted octanol–water partition coefficient (Wildman–Crippen LogP) is 3.99. The smallest absolute Gasteiger partial charge is 0.217 e. The summed E-state index contributed by atoms with van der Waals surface area (Å²) < 4.78 is 0. The summed E-state index contributed by atoms with van der Waals surface area (Å²) in [6.07, 6.45) is 10.2. The summed E-state index contributed by atoms with van der Waals surface area (Å²) in [5, 5.41) is 14.4. The average molecular weight is 403 g/mol. The molecule has 2 N–H and O–H groups in total. The molecule has 0 spiro atoms. The molecule has 164 valence electrons. The molecule has 9 atom stereocenters. The van der Waals surface area contributed by atoms with Crippen LogP contribution >= 0.6 is 0 Å². The summed E-state index contributed by atoms with van der Waals surface area (Å²) in [4.78, 5) is 13.9. The third-order valence-electron chi connectivity index (χ3n) is 9.96. The number of amides is 1. The number of nitrogens with one attached hydrogen (secondary N) is 1. The van der Waals surface area contributed by atoms with Crippen LogP contribution in [0.2, 0.25) is 0 Å². The normalized spacial score (nSPS) is 47.7. The Morgan fingerprint density at radius 3 is 2.66 bits per heavy atom. The van der Waals surface area contributed by atoms with Crippen LogP contribution in [0.5, 0.6) is 0 Å². The van der Waals surface area contributed by atoms with E-state index in [9.17, 15) is 9.90 Å². The fraction of sp³-hybridized carbons (Fsp3) is 0.880. The molecule has 4 nitrogen and oxygen atoms in total. The standard InChI is InChI=1S/C25H42N2O2/c1-15(27(5)6)21-14-22(29)23-19-8-7-17-13-18(26-16(2)28)9-11-24(17,3)20(19)10-12-25(21,23)4/h7,15,18-23,29H,8-14H2,1-6H3,(H,26,28)/t15-,18-,19+,20-,21+,22+,23+,24-,25+/m0/s1. The number of carbonyl (C=O) groups excluding carboxylic acids is 1. The van der Waals surface area contributed by atoms with Crippen molar-refractivity contribution in [3.8, 4) is 0 Å². The SMILES string of the molecule is CC(=O)N[C@H]1CC[C@@]2(C)C(=CC[C@H]3[C@@H]4[C@H](O)C[C@H]([C@H](C)N(C)C)[C@@]4(C)CC[C@@H]32)C1. The highest BCUT2D eigenvalue weighted by molar-refractivity contribution is 5.73. The minimum atomic E-state index is -0.158. The van der Waals surface area contributed by atoms with Crippen LogP contribution in [0.4, 0.5) is 0 Å². The van der Waals surface area contributed by atoms with Crippen LogP contribution in [-0.2, 0) is 4.79 Å². The van der Waals surface area contributed by atoms with Gasteiger partial charge in [0.05, 0.1) is 6.10 Å². The summed E-state index contributed by atoms with van der Waals surface area (Å²) in [6.45, 7) is 8.96. The van der Waals surface area contributed by atoms with Gasteiger partial charge in [0.2, 0.25) is 5.91 Å². The van der Waals surface area contributed by atoms with Crippen molar-refractivity contribution >= 4 is 5.91 Å². The third kappa shape index (κ3) is 3.29. The van der Waals surface area contributed by atoms with Crippen LogP contribution in [0.15, 0.2) is 11.6 Å². The van der Waals surface area contributed by atoms with Crippen LogP contribution in [0.1, 0.15) is 72.6 Å². The number of aliphatic hydroxyl groups is 1. The Morgan fingerprint density at radius 2 is 2.00 bits per heavy atom. The van der Waals surface area contributed by atoms with E-state index in [-0.39, 0.29) is 22.8 Å². The van der Waals surface area contributed by atoms with E-state index in [0.717, 1.165) is 25.7 Å². The maximum Gasteiger partial charge on any atom is 0.217 e. The van der Waals surface area contributed by atoms with Crippen molar-refractivity contribution in [2.24, 2.45) is 34.5 Å². The molecular weight excluding hydrogens is 360 g/mol. The van der Waals surface area contributed by atoms with E-state index in [2.05, 4.69) is 51.2 Å². The first kappa shape index (κ1) is 21.4. The molecule has 0 aliphatic heterocycles. The van der Waals surface area contributed by atoms with Crippen molar-refractivity contribution in [1.29, 1.82) is 0 Å². The monoisotopic (exact) mass is 402 g/mol. The minimum Gasteiger partial charge on any atom is -0.393 e. The number of hydrogen-bond acceptors (Lipinski definition) is 3. The molecule has 29 heavy (non-hydrogen) atoms. The summed E-state index contributed by atoms with van der Waals surface area (Å²) in [6, 6.07) is 0.814. The highest BCUT2D eigenvalue weighted by Gasteiger charge is 2.62. The Bertz CT molecular complexity index is 688. The zero-order valence-electron chi connectivity index (χ0n) is 19.4. The minimum absolute atomic E-state index is 0.0939. The van der Waals surface area contributed by atoms with Crippen LogP contribution in [0.25, 0.3) is 0 Å². The molecule has 3 fully saturated rings. The van der Waals surface area contributed by atoms with E-state index < -0.39 is 0 Å². The van der Waals surface area contributed by atoms with Gasteiger partial charge in [-0.05, 0) is 100 Å². The average Bonchev–Trinajstić information content (AvgIpc) is 2.91. The first-order valence-electron chi connectivity index (χ1n) is 11.9. The van der Waals surface area contributed by atoms with E-state index in [0.29, 0.717) is 35.8 Å². The highest BCUT2D eigenvalue weighted by Crippen LogP contribution is 2.66. The van der Waals surface area contributed by atoms with Crippen LogP contribution in [0.3, 0.4) is 0 Å². The van der Waals surface area contributed by atoms with Gasteiger partial charge in [-0.3, -0.25) is 4.79 Å². The molecule has 4 aliphatic rings. The number of nitrogens with zero attached hydrogens (tertiary/aromatic N) is 1. The molecule has 0 heterocycles. The Hall–Kier alpha value is -0.870. The number of allylic oxidation sites excluding steroid dienone is 1. The molecule has 0 aromatic heterocycles. The molecule has 0 unspecified atom stereocenters. The quantitative estimate of drug-likeness (QED) is 0.702. The van der Waals surface area contributed by atoms with Crippen LogP contribution < -0.4 is 5.32 Å². The first-order valence-corrected chi connectivity index (χ1v) is 11.9. The fourth-order valence-electron chi connectivity index (χ4n) is 8.29. The highest BCUT2D eigenvalue weighted by atomic mass is 16.3. The van der Waals surface area contributed by atoms with Crippen molar-refractivity contribution in [2.75, 3.05) is 14.1 Å². The Kier molecular flexibility index (Phi) is 5.43. The van der Waals surface area contributed by atoms with Gasteiger partial charge in [-0.15, -0.1) is 0 Å². The Morgan fingerprint density at radius 1 is 1.28 bits per heavy atom. The number of fused-ring (bicyclic) bond motifs is 5. The van der Waals surface area contributed by atoms with E-state index in [1.807, 2.05) is 0 Å². The van der Waals surface area contributed by atoms with Gasteiger partial charge in [0.15, 0.2) is 0 Å². The summed E-state index contributed by atoms with van der Waals surface area (Å²) in [7, 11) is 4.37. The lowest BCUT2D eigenvalue weighted by Gasteiger charge is -2.59. The van der Waals surface area contributed by atoms with Crippen molar-refractivity contribution in [2.45, 2.75) is 90.8 Å². The van der Waals surface area contributed by atoms with Gasteiger partial charge in [-0.2, -0.15) is 0 Å². The molecule has 0 radical (unpaired) electrons. The van der Waals surface area contributed by atoms with Gasteiger partial charge in [0.1, 0.15) is 0 Å². The van der Waals surface area contributed by atoms with Crippen molar-refractivity contribution in [1.82, 2.24) is 10.2 Å². The zero-order valence-corrected chi connectivity index (χ0v) is 19.4. The van der Waals surface area contributed by atoms with Gasteiger partial charge >= 0.3 is 0 Å². The van der Waals surface area contributed by atoms with Crippen LogP contribution in [0, 0.1) is 34.5 Å². The largest absolute Gasteiger partial charge is 0.393 e. The molecule has 0 bridgehead atoms. The second kappa shape index (κ2) is 7.37. The lowest BCUT2D eigenvalue weighted by Crippen LogP contribution is -2.54. The molecule has 4 rings (SSSR count). The molecule has 0 saturated heterocycles. The van der Waals surface area contributed by atoms with E-state index in [1.54, 1.807) is 12.5 Å². The molecule has 0 aromatic rings. The zero-order chi connectivity index (χ0) is 21.1. The van der Waals surface area contributed by atoms with E-state index in [1.165, 1.54) is 19.3 Å². The number of rotatable bonds is 3. The molecule has 0 aromatic carbocycles. The lowest BCUT2D eigenvalue weighted by atomic mass is 9.47. The summed E-state index contributed by atoms with van der Waals surface area (Å²) in [5.41, 5.74) is 2.09. The van der Waals surface area contributed by atoms with E-state index in [4.69, 9.17) is 0 Å². The van der Waals surface area contributed by atoms with Gasteiger partial charge in [-0.25, -0.2) is 0 Å². The second-order valence-electron chi connectivity index (χ2n) is 11.5. The predicted molar refractivity (Wildman–Crippen MR) is 117 cm³/mol. The summed E-state index contributed by atoms with van der Waals surface area (Å²) in [5.74, 6) is 2.39. The number of hydrogen-bond donors (Lipinski definition) is 2. The topological polar surface area (TPSA) is 52.6 Å². The van der Waals surface area contributed by atoms with Gasteiger partial charge in [0, 0.05) is 19.0 Å². The maximum atomic E-state index is 11.5. The first-order chi connectivity index (χ1) is 13.6. The molecular formula is C25H42N2O2. The molecule has 4 heteroatoms. The second-order valence-corrected chi connectivity index (χ2v) is 11.5. The number of aliphatic hydroxyl groups excluding tert-OH is 1. The van der Waals surface area contributed by atoms with Crippen molar-refractivity contribution in [3.63, 3.8) is 0 Å². The number of carbonyl (C=O) groups is 1. The fourth-order valence-corrected chi connectivity index (χ4v) is 8.29. The Balaban J connectivity index is 1.60. The van der Waals surface area contributed by atoms with Gasteiger partial charge in [0.25, 0.3) is 0 Å². The maximum absolute atomic E-state index is 11.5. The van der Waals surface area contributed by atoms with Gasteiger partial charge < -0.3 is 15.3 Å². The van der Waals surface area contributed by atoms with Crippen molar-refractivity contribution in [3.05, 3.63) is 11.6 Å². The van der Waals surface area contributed by atoms with Crippen LogP contribution in [-0.4, -0.2) is 48.2 Å². The lowest BCUT2D eigenvalue weighted by molar-refractivity contribution is -0.120. The third-order valence-corrected chi connectivity index (χ3v) is 9.96. The summed E-state index contributed by atoms with van der Waals surface area (Å²) >= 11 is 0. The van der Waals surface area contributed by atoms with E-state index >= 15 is 0 Å².